The number of halogens is 4. The smallest absolute Gasteiger partial charge is 0.406 e. The maximum Gasteiger partial charge on any atom is 0.573 e. The summed E-state index contributed by atoms with van der Waals surface area (Å²) in [4.78, 5) is 10.6. The zero-order chi connectivity index (χ0) is 12.9. The third kappa shape index (κ3) is 4.91. The van der Waals surface area contributed by atoms with Crippen molar-refractivity contribution in [3.05, 3.63) is 35.4 Å². The van der Waals surface area contributed by atoms with E-state index >= 15 is 0 Å². The predicted molar refractivity (Wildman–Crippen MR) is 58.3 cm³/mol. The van der Waals surface area contributed by atoms with Gasteiger partial charge in [0.1, 0.15) is 12.0 Å². The Morgan fingerprint density at radius 1 is 1.24 bits per heavy atom. The molecule has 0 amide bonds. The van der Waals surface area contributed by atoms with Crippen LogP contribution in [0.2, 0.25) is 0 Å². The summed E-state index contributed by atoms with van der Waals surface area (Å²) in [6.07, 6.45) is -1.29. The first-order valence-electron chi connectivity index (χ1n) is 4.53. The molecule has 92 valence electrons. The van der Waals surface area contributed by atoms with Crippen molar-refractivity contribution in [2.45, 2.75) is 6.36 Å². The van der Waals surface area contributed by atoms with Crippen molar-refractivity contribution in [3.63, 3.8) is 0 Å². The zero-order valence-electron chi connectivity index (χ0n) is 8.50. The van der Waals surface area contributed by atoms with E-state index in [4.69, 9.17) is 11.6 Å². The van der Waals surface area contributed by atoms with Crippen molar-refractivity contribution >= 4 is 24.0 Å². The number of ether oxygens (including phenoxy) is 1. The SMILES string of the molecule is O=Cc1cc(C=CCCl)cc(OC(F)(F)F)c1. The molecule has 0 bridgehead atoms. The molecule has 0 aliphatic heterocycles. The van der Waals surface area contributed by atoms with Crippen LogP contribution in [0.15, 0.2) is 24.3 Å². The van der Waals surface area contributed by atoms with Gasteiger partial charge in [-0.05, 0) is 23.8 Å². The van der Waals surface area contributed by atoms with Gasteiger partial charge in [-0.3, -0.25) is 4.79 Å². The normalized spacial score (nSPS) is 11.8. The molecule has 0 N–H and O–H groups in total. The first-order chi connectivity index (χ1) is 7.94. The van der Waals surface area contributed by atoms with Gasteiger partial charge in [-0.15, -0.1) is 24.8 Å². The summed E-state index contributed by atoms with van der Waals surface area (Å²) in [5.74, 6) is -0.211. The molecule has 0 radical (unpaired) electrons. The van der Waals surface area contributed by atoms with Crippen LogP contribution >= 0.6 is 11.6 Å². The van der Waals surface area contributed by atoms with Crippen molar-refractivity contribution in [1.29, 1.82) is 0 Å². The lowest BCUT2D eigenvalue weighted by atomic mass is 10.1. The standard InChI is InChI=1S/C11H8ClF3O2/c12-3-1-2-8-4-9(7-16)6-10(5-8)17-11(13,14)15/h1-2,4-7H,3H2. The number of benzene rings is 1. The van der Waals surface area contributed by atoms with Crippen LogP contribution in [0.1, 0.15) is 15.9 Å². The third-order valence-electron chi connectivity index (χ3n) is 1.72. The van der Waals surface area contributed by atoms with Crippen LogP contribution in [0.4, 0.5) is 13.2 Å². The van der Waals surface area contributed by atoms with Crippen molar-refractivity contribution in [3.8, 4) is 5.75 Å². The van der Waals surface area contributed by atoms with E-state index in [2.05, 4.69) is 4.74 Å². The van der Waals surface area contributed by atoms with Crippen molar-refractivity contribution in [1.82, 2.24) is 0 Å². The number of rotatable bonds is 4. The molecule has 0 fully saturated rings. The molecule has 1 rings (SSSR count). The van der Waals surface area contributed by atoms with Gasteiger partial charge in [-0.25, -0.2) is 0 Å². The van der Waals surface area contributed by atoms with Crippen molar-refractivity contribution < 1.29 is 22.7 Å². The molecule has 0 spiro atoms. The fraction of sp³-hybridized carbons (Fsp3) is 0.182. The Hall–Kier alpha value is -1.49. The van der Waals surface area contributed by atoms with Crippen LogP contribution in [0.25, 0.3) is 6.08 Å². The van der Waals surface area contributed by atoms with Gasteiger partial charge in [0.2, 0.25) is 0 Å². The summed E-state index contributed by atoms with van der Waals surface area (Å²) in [6, 6.07) is 3.61. The van der Waals surface area contributed by atoms with E-state index in [1.807, 2.05) is 0 Å². The van der Waals surface area contributed by atoms with Crippen molar-refractivity contribution in [2.75, 3.05) is 5.88 Å². The lowest BCUT2D eigenvalue weighted by Gasteiger charge is -2.09. The highest BCUT2D eigenvalue weighted by atomic mass is 35.5. The molecule has 1 aromatic carbocycles. The minimum atomic E-state index is -4.78. The first kappa shape index (κ1) is 13.6. The monoisotopic (exact) mass is 264 g/mol. The predicted octanol–water partition coefficient (Wildman–Crippen LogP) is 3.65. The number of hydrogen-bond donors (Lipinski definition) is 0. The number of aldehydes is 1. The molecular formula is C11H8ClF3O2. The minimum Gasteiger partial charge on any atom is -0.406 e. The molecule has 6 heteroatoms. The molecule has 0 aliphatic carbocycles. The van der Waals surface area contributed by atoms with Crippen LogP contribution in [-0.2, 0) is 0 Å². The van der Waals surface area contributed by atoms with E-state index in [0.717, 1.165) is 6.07 Å². The fourth-order valence-corrected chi connectivity index (χ4v) is 1.27. The summed E-state index contributed by atoms with van der Waals surface area (Å²) in [7, 11) is 0. The summed E-state index contributed by atoms with van der Waals surface area (Å²) in [6.45, 7) is 0. The first-order valence-corrected chi connectivity index (χ1v) is 5.06. The maximum atomic E-state index is 12.0. The van der Waals surface area contributed by atoms with Crippen LogP contribution in [0, 0.1) is 0 Å². The molecule has 0 aliphatic rings. The molecular weight excluding hydrogens is 257 g/mol. The molecule has 17 heavy (non-hydrogen) atoms. The zero-order valence-corrected chi connectivity index (χ0v) is 9.26. The highest BCUT2D eigenvalue weighted by Gasteiger charge is 2.31. The van der Waals surface area contributed by atoms with E-state index in [9.17, 15) is 18.0 Å². The molecule has 0 aromatic heterocycles. The quantitative estimate of drug-likeness (QED) is 0.613. The van der Waals surface area contributed by atoms with Gasteiger partial charge in [0, 0.05) is 11.4 Å². The molecule has 0 heterocycles. The Morgan fingerprint density at radius 2 is 1.88 bits per heavy atom. The Bertz CT molecular complexity index is 427. The molecule has 0 saturated heterocycles. The summed E-state index contributed by atoms with van der Waals surface area (Å²) in [5, 5.41) is 0. The van der Waals surface area contributed by atoms with Crippen LogP contribution < -0.4 is 4.74 Å². The summed E-state index contributed by atoms with van der Waals surface area (Å²) in [5.41, 5.74) is 0.510. The lowest BCUT2D eigenvalue weighted by molar-refractivity contribution is -0.274. The second-order valence-electron chi connectivity index (χ2n) is 3.06. The van der Waals surface area contributed by atoms with E-state index < -0.39 is 12.1 Å². The Kier molecular flexibility index (Phi) is 4.57. The Balaban J connectivity index is 3.05. The average molecular weight is 265 g/mol. The third-order valence-corrected chi connectivity index (χ3v) is 1.90. The highest BCUT2D eigenvalue weighted by molar-refractivity contribution is 6.19. The number of carbonyl (C=O) groups is 1. The average Bonchev–Trinajstić information content (AvgIpc) is 2.23. The van der Waals surface area contributed by atoms with Crippen LogP contribution in [0.3, 0.4) is 0 Å². The van der Waals surface area contributed by atoms with Crippen molar-refractivity contribution in [2.24, 2.45) is 0 Å². The highest BCUT2D eigenvalue weighted by Crippen LogP contribution is 2.25. The van der Waals surface area contributed by atoms with Gasteiger partial charge < -0.3 is 4.74 Å². The maximum absolute atomic E-state index is 12.0. The fourth-order valence-electron chi connectivity index (χ4n) is 1.18. The van der Waals surface area contributed by atoms with E-state index in [-0.39, 0.29) is 11.4 Å². The lowest BCUT2D eigenvalue weighted by Crippen LogP contribution is -2.17. The van der Waals surface area contributed by atoms with Gasteiger partial charge in [0.05, 0.1) is 0 Å². The Labute approximate surface area is 101 Å². The number of alkyl halides is 4. The topological polar surface area (TPSA) is 26.3 Å². The molecule has 0 unspecified atom stereocenters. The molecule has 0 saturated carbocycles. The van der Waals surface area contributed by atoms with E-state index in [0.29, 0.717) is 11.8 Å². The number of hydrogen-bond acceptors (Lipinski definition) is 2. The minimum absolute atomic E-state index is 0.0981. The van der Waals surface area contributed by atoms with Gasteiger partial charge >= 0.3 is 6.36 Å². The second-order valence-corrected chi connectivity index (χ2v) is 3.37. The summed E-state index contributed by atoms with van der Waals surface area (Å²) < 4.78 is 39.8. The second kappa shape index (κ2) is 5.72. The summed E-state index contributed by atoms with van der Waals surface area (Å²) >= 11 is 5.40. The number of allylic oxidation sites excluding steroid dienone is 1. The van der Waals surface area contributed by atoms with E-state index in [1.54, 1.807) is 6.08 Å². The van der Waals surface area contributed by atoms with Gasteiger partial charge in [-0.2, -0.15) is 0 Å². The number of carbonyl (C=O) groups excluding carboxylic acids is 1. The van der Waals surface area contributed by atoms with Gasteiger partial charge in [0.15, 0.2) is 0 Å². The van der Waals surface area contributed by atoms with E-state index in [1.165, 1.54) is 18.2 Å². The molecule has 2 nitrogen and oxygen atoms in total. The van der Waals surface area contributed by atoms with Gasteiger partial charge in [-0.1, -0.05) is 12.2 Å². The molecule has 1 aromatic rings. The largest absolute Gasteiger partial charge is 0.573 e. The van der Waals surface area contributed by atoms with Gasteiger partial charge in [0.25, 0.3) is 0 Å². The Morgan fingerprint density at radius 3 is 2.41 bits per heavy atom. The van der Waals surface area contributed by atoms with Crippen LogP contribution in [0.5, 0.6) is 5.75 Å². The molecule has 0 atom stereocenters. The van der Waals surface area contributed by atoms with Crippen LogP contribution in [-0.4, -0.2) is 18.5 Å².